The van der Waals surface area contributed by atoms with Crippen molar-refractivity contribution in [2.45, 2.75) is 19.3 Å². The minimum Gasteiger partial charge on any atom is -0.496 e. The number of likely N-dealkylation sites (N-methyl/N-ethyl adjacent to an activating group) is 1. The zero-order valence-corrected chi connectivity index (χ0v) is 16.7. The molecule has 4 N–H and O–H groups in total. The van der Waals surface area contributed by atoms with E-state index in [0.717, 1.165) is 6.54 Å². The first-order valence-corrected chi connectivity index (χ1v) is 9.68. The highest BCUT2D eigenvalue weighted by molar-refractivity contribution is 6.01. The third kappa shape index (κ3) is 4.42. The van der Waals surface area contributed by atoms with Gasteiger partial charge in [0.15, 0.2) is 0 Å². The minimum absolute atomic E-state index is 0.0340. The van der Waals surface area contributed by atoms with Crippen molar-refractivity contribution in [3.05, 3.63) is 35.8 Å². The van der Waals surface area contributed by atoms with Crippen molar-refractivity contribution < 1.29 is 19.0 Å². The fourth-order valence-corrected chi connectivity index (χ4v) is 3.31. The van der Waals surface area contributed by atoms with Crippen LogP contribution in [0.25, 0.3) is 11.1 Å². The second-order valence-electron chi connectivity index (χ2n) is 7.29. The van der Waals surface area contributed by atoms with Crippen molar-refractivity contribution in [2.75, 3.05) is 44.9 Å². The smallest absolute Gasteiger partial charge is 0.258 e. The number of aromatic nitrogens is 1. The van der Waals surface area contributed by atoms with Gasteiger partial charge in [-0.15, -0.1) is 0 Å². The zero-order chi connectivity index (χ0) is 21.0. The van der Waals surface area contributed by atoms with E-state index in [1.165, 1.54) is 56.6 Å². The van der Waals surface area contributed by atoms with Gasteiger partial charge in [-0.2, -0.15) is 0 Å². The average Bonchev–Trinajstić information content (AvgIpc) is 2.67. The lowest BCUT2D eigenvalue weighted by Crippen LogP contribution is -2.31. The van der Waals surface area contributed by atoms with E-state index in [4.69, 9.17) is 15.6 Å². The van der Waals surface area contributed by atoms with Gasteiger partial charge in [0, 0.05) is 49.2 Å². The number of nitrogens with one attached hydrogen (secondary N) is 1. The third-order valence-corrected chi connectivity index (χ3v) is 5.34. The van der Waals surface area contributed by atoms with Crippen molar-refractivity contribution in [3.8, 4) is 16.9 Å². The Morgan fingerprint density at radius 2 is 2.17 bits per heavy atom. The second kappa shape index (κ2) is 9.09. The molecule has 1 amide bonds. The highest BCUT2D eigenvalue weighted by Crippen LogP contribution is 2.36. The van der Waals surface area contributed by atoms with E-state index < -0.39 is 11.7 Å². The highest BCUT2D eigenvalue weighted by Gasteiger charge is 2.24. The maximum atomic E-state index is 15.3. The van der Waals surface area contributed by atoms with Crippen molar-refractivity contribution >= 4 is 17.4 Å². The first-order valence-electron chi connectivity index (χ1n) is 9.68. The first kappa shape index (κ1) is 20.9. The van der Waals surface area contributed by atoms with E-state index in [-0.39, 0.29) is 30.0 Å². The van der Waals surface area contributed by atoms with Crippen molar-refractivity contribution in [1.29, 1.82) is 0 Å². The van der Waals surface area contributed by atoms with E-state index in [0.29, 0.717) is 23.0 Å². The number of pyridine rings is 1. The third-order valence-electron chi connectivity index (χ3n) is 5.34. The van der Waals surface area contributed by atoms with E-state index in [9.17, 15) is 4.79 Å². The molecule has 0 atom stereocenters. The molecule has 8 heteroatoms. The molecule has 2 aromatic rings. The van der Waals surface area contributed by atoms with Crippen LogP contribution in [-0.4, -0.2) is 54.8 Å². The largest absolute Gasteiger partial charge is 0.496 e. The Labute approximate surface area is 169 Å². The molecule has 3 rings (SSSR count). The van der Waals surface area contributed by atoms with Crippen molar-refractivity contribution in [1.82, 2.24) is 9.88 Å². The number of nitrogen functional groups attached to an aromatic ring is 1. The SMILES string of the molecule is COc1cc(NCC2CCC2)ncc1-c1ccc(N)c(C(=O)N(C)CCO)c1F. The lowest BCUT2D eigenvalue weighted by atomic mass is 9.85. The van der Waals surface area contributed by atoms with Gasteiger partial charge < -0.3 is 25.8 Å². The maximum Gasteiger partial charge on any atom is 0.258 e. The average molecular weight is 402 g/mol. The van der Waals surface area contributed by atoms with Gasteiger partial charge in [0.1, 0.15) is 17.4 Å². The number of methoxy groups -OCH3 is 1. The molecule has 7 nitrogen and oxygen atoms in total. The predicted octanol–water partition coefficient (Wildman–Crippen LogP) is 2.75. The maximum absolute atomic E-state index is 15.3. The summed E-state index contributed by atoms with van der Waals surface area (Å²) in [6.07, 6.45) is 5.25. The van der Waals surface area contributed by atoms with E-state index in [2.05, 4.69) is 10.3 Å². The number of hydrogen-bond acceptors (Lipinski definition) is 6. The standard InChI is InChI=1S/C21H27FN4O3/c1-26(8-9-27)21(28)19-16(23)7-6-14(20(19)22)15-12-25-18(10-17(15)29-2)24-11-13-4-3-5-13/h6-7,10,12-13,27H,3-5,8-9,11,23H2,1-2H3,(H,24,25). The zero-order valence-electron chi connectivity index (χ0n) is 16.7. The van der Waals surface area contributed by atoms with Crippen LogP contribution in [0.3, 0.4) is 0 Å². The van der Waals surface area contributed by atoms with Gasteiger partial charge in [-0.25, -0.2) is 9.37 Å². The Morgan fingerprint density at radius 1 is 1.41 bits per heavy atom. The summed E-state index contributed by atoms with van der Waals surface area (Å²) >= 11 is 0. The fraction of sp³-hybridized carbons (Fsp3) is 0.429. The molecular weight excluding hydrogens is 375 g/mol. The molecule has 1 aromatic carbocycles. The molecule has 1 aromatic heterocycles. The van der Waals surface area contributed by atoms with Crippen LogP contribution in [-0.2, 0) is 0 Å². The number of aliphatic hydroxyl groups excluding tert-OH is 1. The van der Waals surface area contributed by atoms with Crippen LogP contribution >= 0.6 is 0 Å². The predicted molar refractivity (Wildman–Crippen MR) is 110 cm³/mol. The number of halogens is 1. The Morgan fingerprint density at radius 3 is 2.79 bits per heavy atom. The summed E-state index contributed by atoms with van der Waals surface area (Å²) in [6, 6.07) is 4.72. The first-order chi connectivity index (χ1) is 14.0. The number of nitrogens with two attached hydrogens (primary N) is 1. The molecule has 1 heterocycles. The fourth-order valence-electron chi connectivity index (χ4n) is 3.31. The molecule has 0 bridgehead atoms. The minimum atomic E-state index is -0.741. The van der Waals surface area contributed by atoms with Crippen LogP contribution < -0.4 is 15.8 Å². The molecule has 0 aliphatic heterocycles. The summed E-state index contributed by atoms with van der Waals surface area (Å²) in [5.74, 6) is 0.437. The number of ether oxygens (including phenoxy) is 1. The van der Waals surface area contributed by atoms with Crippen LogP contribution in [0.4, 0.5) is 15.9 Å². The Kier molecular flexibility index (Phi) is 6.53. The van der Waals surface area contributed by atoms with E-state index >= 15 is 4.39 Å². The highest BCUT2D eigenvalue weighted by atomic mass is 19.1. The van der Waals surface area contributed by atoms with Crippen LogP contribution in [0.5, 0.6) is 5.75 Å². The van der Waals surface area contributed by atoms with E-state index in [1.54, 1.807) is 6.07 Å². The number of nitrogens with zero attached hydrogens (tertiary/aromatic N) is 2. The van der Waals surface area contributed by atoms with Gasteiger partial charge in [0.2, 0.25) is 0 Å². The van der Waals surface area contributed by atoms with Gasteiger partial charge in [0.05, 0.1) is 19.3 Å². The number of anilines is 2. The summed E-state index contributed by atoms with van der Waals surface area (Å²) in [5.41, 5.74) is 6.29. The Balaban J connectivity index is 1.93. The molecule has 1 fully saturated rings. The van der Waals surface area contributed by atoms with Crippen LogP contribution in [0.1, 0.15) is 29.6 Å². The number of carbonyl (C=O) groups excluding carboxylic acids is 1. The summed E-state index contributed by atoms with van der Waals surface area (Å²) in [5, 5.41) is 12.3. The topological polar surface area (TPSA) is 101 Å². The lowest BCUT2D eigenvalue weighted by molar-refractivity contribution is 0.0763. The number of aliphatic hydroxyl groups is 1. The lowest BCUT2D eigenvalue weighted by Gasteiger charge is -2.25. The molecule has 0 unspecified atom stereocenters. The molecule has 0 radical (unpaired) electrons. The molecule has 29 heavy (non-hydrogen) atoms. The molecule has 156 valence electrons. The molecule has 1 aliphatic rings. The Bertz CT molecular complexity index is 886. The molecule has 1 saturated carbocycles. The van der Waals surface area contributed by atoms with Gasteiger partial charge in [0.25, 0.3) is 5.91 Å². The number of carbonyl (C=O) groups is 1. The summed E-state index contributed by atoms with van der Waals surface area (Å²) in [7, 11) is 2.99. The quantitative estimate of drug-likeness (QED) is 0.587. The van der Waals surface area contributed by atoms with Crippen molar-refractivity contribution in [3.63, 3.8) is 0 Å². The number of rotatable bonds is 8. The summed E-state index contributed by atoms with van der Waals surface area (Å²) in [4.78, 5) is 18.2. The van der Waals surface area contributed by atoms with Crippen LogP contribution in [0.15, 0.2) is 24.4 Å². The van der Waals surface area contributed by atoms with Crippen molar-refractivity contribution in [2.24, 2.45) is 5.92 Å². The van der Waals surface area contributed by atoms with Crippen LogP contribution in [0, 0.1) is 11.7 Å². The van der Waals surface area contributed by atoms with Gasteiger partial charge in [-0.3, -0.25) is 4.79 Å². The van der Waals surface area contributed by atoms with Gasteiger partial charge in [-0.1, -0.05) is 6.42 Å². The molecule has 1 aliphatic carbocycles. The molecule has 0 saturated heterocycles. The van der Waals surface area contributed by atoms with E-state index in [1.807, 2.05) is 0 Å². The summed E-state index contributed by atoms with van der Waals surface area (Å²) in [6.45, 7) is 0.701. The van der Waals surface area contributed by atoms with Gasteiger partial charge in [-0.05, 0) is 30.9 Å². The normalized spacial score (nSPS) is 13.7. The molecular formula is C21H27FN4O3. The number of benzene rings is 1. The second-order valence-corrected chi connectivity index (χ2v) is 7.29. The van der Waals surface area contributed by atoms with Crippen LogP contribution in [0.2, 0.25) is 0 Å². The number of amides is 1. The van der Waals surface area contributed by atoms with Gasteiger partial charge >= 0.3 is 0 Å². The number of hydrogen-bond donors (Lipinski definition) is 3. The monoisotopic (exact) mass is 402 g/mol. The summed E-state index contributed by atoms with van der Waals surface area (Å²) < 4.78 is 20.8. The Hall–Kier alpha value is -2.87. The molecule has 0 spiro atoms.